The molecule has 0 aromatic heterocycles. The molecule has 1 aliphatic heterocycles. The maximum Gasteiger partial charge on any atom is 0.203 e. The highest BCUT2D eigenvalue weighted by atomic mass is 16.5. The van der Waals surface area contributed by atoms with Gasteiger partial charge in [-0.15, -0.1) is 0 Å². The molecule has 2 aliphatic carbocycles. The van der Waals surface area contributed by atoms with Crippen molar-refractivity contribution in [3.63, 3.8) is 0 Å². The molecule has 192 valence electrons. The number of aliphatic imine (C=N–C) groups is 1. The predicted molar refractivity (Wildman–Crippen MR) is 140 cm³/mol. The van der Waals surface area contributed by atoms with Gasteiger partial charge in [-0.3, -0.25) is 9.79 Å². The third-order valence-electron chi connectivity index (χ3n) is 8.21. The Morgan fingerprint density at radius 2 is 1.49 bits per heavy atom. The van der Waals surface area contributed by atoms with E-state index >= 15 is 0 Å². The van der Waals surface area contributed by atoms with Crippen LogP contribution in [0.3, 0.4) is 0 Å². The Balaban J connectivity index is 1.71. The third kappa shape index (κ3) is 6.02. The summed E-state index contributed by atoms with van der Waals surface area (Å²) in [6.07, 6.45) is 14.9. The van der Waals surface area contributed by atoms with E-state index < -0.39 is 0 Å². The molecule has 3 aliphatic rings. The van der Waals surface area contributed by atoms with Crippen LogP contribution in [0.15, 0.2) is 22.8 Å². The standard InChI is InChI=1S/C29H42N2O4/c1-19-23(21-11-7-5-8-12-21)18-25(32)24(31-29(19)30-22-13-9-6-10-14-22)15-20-16-26(33-2)28(35-4)27(17-20)34-3/h15-17,19,21-23H,5-14,18H2,1-4H3,(H,30,31)/b24-15+/t19?,23-/m1/s1. The van der Waals surface area contributed by atoms with Crippen LogP contribution in [0.25, 0.3) is 6.08 Å². The molecular weight excluding hydrogens is 440 g/mol. The van der Waals surface area contributed by atoms with Gasteiger partial charge in [-0.2, -0.15) is 0 Å². The van der Waals surface area contributed by atoms with Crippen LogP contribution < -0.4 is 19.5 Å². The Labute approximate surface area is 210 Å². The molecule has 0 bridgehead atoms. The van der Waals surface area contributed by atoms with Gasteiger partial charge in [0.05, 0.1) is 33.1 Å². The van der Waals surface area contributed by atoms with Gasteiger partial charge in [0.15, 0.2) is 17.3 Å². The number of rotatable bonds is 6. The van der Waals surface area contributed by atoms with E-state index in [4.69, 9.17) is 19.2 Å². The van der Waals surface area contributed by atoms with Crippen LogP contribution in [0, 0.1) is 17.8 Å². The lowest BCUT2D eigenvalue weighted by atomic mass is 9.72. The molecular formula is C29H42N2O4. The summed E-state index contributed by atoms with van der Waals surface area (Å²) < 4.78 is 16.5. The summed E-state index contributed by atoms with van der Waals surface area (Å²) in [5.74, 6) is 4.03. The number of ketones is 1. The van der Waals surface area contributed by atoms with E-state index in [9.17, 15) is 4.79 Å². The number of nitrogens with one attached hydrogen (secondary N) is 1. The Morgan fingerprint density at radius 1 is 0.886 bits per heavy atom. The van der Waals surface area contributed by atoms with Crippen LogP contribution >= 0.6 is 0 Å². The maximum absolute atomic E-state index is 13.6. The number of hydrogen-bond acceptors (Lipinski definition) is 5. The highest BCUT2D eigenvalue weighted by Gasteiger charge is 2.37. The van der Waals surface area contributed by atoms with E-state index in [1.165, 1.54) is 51.4 Å². The number of amidine groups is 1. The quantitative estimate of drug-likeness (QED) is 0.490. The molecule has 2 atom stereocenters. The van der Waals surface area contributed by atoms with Crippen molar-refractivity contribution in [3.05, 3.63) is 23.4 Å². The second kappa shape index (κ2) is 12.0. The molecule has 1 heterocycles. The van der Waals surface area contributed by atoms with Crippen LogP contribution in [0.5, 0.6) is 17.2 Å². The van der Waals surface area contributed by atoms with Gasteiger partial charge >= 0.3 is 0 Å². The zero-order chi connectivity index (χ0) is 24.8. The minimum absolute atomic E-state index is 0.162. The minimum atomic E-state index is 0.162. The largest absolute Gasteiger partial charge is 0.493 e. The van der Waals surface area contributed by atoms with Crippen molar-refractivity contribution in [3.8, 4) is 17.2 Å². The lowest BCUT2D eigenvalue weighted by molar-refractivity contribution is -0.117. The fourth-order valence-corrected chi connectivity index (χ4v) is 6.19. The van der Waals surface area contributed by atoms with Gasteiger partial charge in [-0.05, 0) is 48.4 Å². The van der Waals surface area contributed by atoms with Crippen LogP contribution in [0.4, 0.5) is 0 Å². The molecule has 1 unspecified atom stereocenters. The minimum Gasteiger partial charge on any atom is -0.493 e. The molecule has 35 heavy (non-hydrogen) atoms. The maximum atomic E-state index is 13.6. The van der Waals surface area contributed by atoms with E-state index in [1.54, 1.807) is 21.3 Å². The van der Waals surface area contributed by atoms with Gasteiger partial charge in [0.1, 0.15) is 5.84 Å². The number of hydrogen-bond donors (Lipinski definition) is 1. The van der Waals surface area contributed by atoms with Crippen molar-refractivity contribution in [2.45, 2.75) is 83.6 Å². The average molecular weight is 483 g/mol. The second-order valence-electron chi connectivity index (χ2n) is 10.4. The number of Topliss-reactive ketones (excluding diaryl/α,β-unsaturated/α-hetero) is 1. The first-order chi connectivity index (χ1) is 17.0. The van der Waals surface area contributed by atoms with Crippen LogP contribution in [-0.2, 0) is 4.79 Å². The third-order valence-corrected chi connectivity index (χ3v) is 8.21. The second-order valence-corrected chi connectivity index (χ2v) is 10.4. The van der Waals surface area contributed by atoms with Crippen molar-refractivity contribution >= 4 is 17.7 Å². The van der Waals surface area contributed by atoms with Crippen molar-refractivity contribution in [1.82, 2.24) is 5.32 Å². The van der Waals surface area contributed by atoms with Gasteiger partial charge in [-0.25, -0.2) is 0 Å². The molecule has 1 N–H and O–H groups in total. The fraction of sp³-hybridized carbons (Fsp3) is 0.655. The topological polar surface area (TPSA) is 69.2 Å². The van der Waals surface area contributed by atoms with Crippen molar-refractivity contribution in [1.29, 1.82) is 0 Å². The number of carbonyl (C=O) groups is 1. The molecule has 6 heteroatoms. The molecule has 2 saturated carbocycles. The van der Waals surface area contributed by atoms with E-state index in [1.807, 2.05) is 18.2 Å². The summed E-state index contributed by atoms with van der Waals surface area (Å²) in [4.78, 5) is 18.9. The Bertz CT molecular complexity index is 917. The molecule has 1 saturated heterocycles. The van der Waals surface area contributed by atoms with Gasteiger partial charge in [0.25, 0.3) is 0 Å². The van der Waals surface area contributed by atoms with Gasteiger partial charge in [0.2, 0.25) is 5.75 Å². The number of methoxy groups -OCH3 is 3. The van der Waals surface area contributed by atoms with E-state index in [0.29, 0.717) is 47.2 Å². The van der Waals surface area contributed by atoms with Gasteiger partial charge < -0.3 is 19.5 Å². The van der Waals surface area contributed by atoms with Crippen LogP contribution in [0.2, 0.25) is 0 Å². The summed E-state index contributed by atoms with van der Waals surface area (Å²) in [6.45, 7) is 2.28. The molecule has 0 amide bonds. The Morgan fingerprint density at radius 3 is 2.06 bits per heavy atom. The summed E-state index contributed by atoms with van der Waals surface area (Å²) in [5.41, 5.74) is 1.44. The van der Waals surface area contributed by atoms with E-state index in [-0.39, 0.29) is 11.7 Å². The monoisotopic (exact) mass is 482 g/mol. The lowest BCUT2D eigenvalue weighted by Gasteiger charge is -2.33. The first-order valence-electron chi connectivity index (χ1n) is 13.4. The molecule has 0 radical (unpaired) electrons. The summed E-state index contributed by atoms with van der Waals surface area (Å²) in [7, 11) is 4.80. The molecule has 1 aromatic carbocycles. The average Bonchev–Trinajstić information content (AvgIpc) is 3.01. The molecule has 0 spiro atoms. The van der Waals surface area contributed by atoms with Crippen LogP contribution in [0.1, 0.15) is 83.1 Å². The van der Waals surface area contributed by atoms with Crippen LogP contribution in [-0.4, -0.2) is 39.0 Å². The molecule has 3 fully saturated rings. The summed E-state index contributed by atoms with van der Waals surface area (Å²) >= 11 is 0. The highest BCUT2D eigenvalue weighted by Crippen LogP contribution is 2.41. The SMILES string of the molecule is COc1cc(/C=C2/NC(=NC3CCCCC3)C(C)[C@H](C3CCCCC3)CC2=O)cc(OC)c1OC. The number of nitrogens with zero attached hydrogens (tertiary/aromatic N) is 1. The molecule has 6 nitrogen and oxygen atoms in total. The normalized spacial score (nSPS) is 26.9. The number of carbonyl (C=O) groups excluding carboxylic acids is 1. The van der Waals surface area contributed by atoms with E-state index in [2.05, 4.69) is 12.2 Å². The summed E-state index contributed by atoms with van der Waals surface area (Å²) in [5, 5.41) is 3.53. The number of benzene rings is 1. The van der Waals surface area contributed by atoms with Crippen molar-refractivity contribution in [2.75, 3.05) is 21.3 Å². The number of allylic oxidation sites excluding steroid dienone is 1. The molecule has 4 rings (SSSR count). The fourth-order valence-electron chi connectivity index (χ4n) is 6.19. The summed E-state index contributed by atoms with van der Waals surface area (Å²) in [6, 6.07) is 4.12. The Kier molecular flexibility index (Phi) is 8.74. The van der Waals surface area contributed by atoms with Crippen molar-refractivity contribution in [2.24, 2.45) is 22.7 Å². The zero-order valence-electron chi connectivity index (χ0n) is 21.9. The zero-order valence-corrected chi connectivity index (χ0v) is 21.9. The highest BCUT2D eigenvalue weighted by molar-refractivity contribution is 6.05. The molecule has 1 aromatic rings. The first kappa shape index (κ1) is 25.6. The Hall–Kier alpha value is -2.50. The lowest BCUT2D eigenvalue weighted by Crippen LogP contribution is -2.35. The van der Waals surface area contributed by atoms with E-state index in [0.717, 1.165) is 24.2 Å². The smallest absolute Gasteiger partial charge is 0.203 e. The first-order valence-corrected chi connectivity index (χ1v) is 13.4. The number of ether oxygens (including phenoxy) is 3. The van der Waals surface area contributed by atoms with Crippen molar-refractivity contribution < 1.29 is 19.0 Å². The van der Waals surface area contributed by atoms with Gasteiger partial charge in [0, 0.05) is 12.3 Å². The predicted octanol–water partition coefficient (Wildman–Crippen LogP) is 6.18. The van der Waals surface area contributed by atoms with Gasteiger partial charge in [-0.1, -0.05) is 58.3 Å².